The second-order valence-corrected chi connectivity index (χ2v) is 8.61. The van der Waals surface area contributed by atoms with Gasteiger partial charge in [0.25, 0.3) is 0 Å². The Hall–Kier alpha value is -1.62. The van der Waals surface area contributed by atoms with E-state index in [1.165, 1.54) is 24.0 Å². The molecule has 5 heteroatoms. The van der Waals surface area contributed by atoms with Crippen LogP contribution in [0.4, 0.5) is 5.13 Å². The highest BCUT2D eigenvalue weighted by molar-refractivity contribution is 7.22. The number of benzene rings is 1. The van der Waals surface area contributed by atoms with Gasteiger partial charge in [-0.1, -0.05) is 43.2 Å². The number of rotatable bonds is 3. The van der Waals surface area contributed by atoms with Crippen LogP contribution in [-0.4, -0.2) is 30.0 Å². The molecule has 1 N–H and O–H groups in total. The number of amides is 1. The van der Waals surface area contributed by atoms with Crippen molar-refractivity contribution in [3.8, 4) is 0 Å². The van der Waals surface area contributed by atoms with E-state index in [2.05, 4.69) is 35.3 Å². The Balaban J connectivity index is 1.33. The van der Waals surface area contributed by atoms with E-state index in [1.807, 2.05) is 6.07 Å². The zero-order chi connectivity index (χ0) is 17.2. The Morgan fingerprint density at radius 2 is 1.92 bits per heavy atom. The predicted molar refractivity (Wildman–Crippen MR) is 104 cm³/mol. The Morgan fingerprint density at radius 1 is 1.16 bits per heavy atom. The van der Waals surface area contributed by atoms with E-state index >= 15 is 0 Å². The quantitative estimate of drug-likeness (QED) is 0.895. The number of anilines is 1. The van der Waals surface area contributed by atoms with Crippen molar-refractivity contribution in [1.29, 1.82) is 0 Å². The van der Waals surface area contributed by atoms with Crippen LogP contribution in [0.2, 0.25) is 0 Å². The monoisotopic (exact) mass is 357 g/mol. The summed E-state index contributed by atoms with van der Waals surface area (Å²) in [4.78, 5) is 19.8. The highest BCUT2D eigenvalue weighted by atomic mass is 32.1. The second-order valence-electron chi connectivity index (χ2n) is 7.60. The van der Waals surface area contributed by atoms with Crippen molar-refractivity contribution in [1.82, 2.24) is 10.3 Å². The van der Waals surface area contributed by atoms with Crippen molar-refractivity contribution >= 4 is 32.6 Å². The molecular weight excluding hydrogens is 330 g/mol. The minimum absolute atomic E-state index is 0.166. The van der Waals surface area contributed by atoms with E-state index in [4.69, 9.17) is 4.98 Å². The number of hydrogen-bond donors (Lipinski definition) is 1. The normalized spacial score (nSPS) is 25.2. The molecule has 1 aliphatic heterocycles. The van der Waals surface area contributed by atoms with Gasteiger partial charge in [0.05, 0.1) is 10.2 Å². The second kappa shape index (κ2) is 7.32. The first kappa shape index (κ1) is 16.8. The van der Waals surface area contributed by atoms with Gasteiger partial charge in [0.15, 0.2) is 5.13 Å². The molecule has 1 saturated heterocycles. The number of para-hydroxylation sites is 1. The number of carbonyl (C=O) groups excluding carboxylic acids is 1. The number of fused-ring (bicyclic) bond motifs is 1. The molecule has 4 rings (SSSR count). The van der Waals surface area contributed by atoms with Gasteiger partial charge in [0.2, 0.25) is 5.91 Å². The van der Waals surface area contributed by atoms with Crippen molar-refractivity contribution in [2.24, 2.45) is 11.8 Å². The molecule has 1 saturated carbocycles. The zero-order valence-corrected chi connectivity index (χ0v) is 15.7. The van der Waals surface area contributed by atoms with Gasteiger partial charge in [0.1, 0.15) is 0 Å². The lowest BCUT2D eigenvalue weighted by atomic mass is 9.85. The lowest BCUT2D eigenvalue weighted by molar-refractivity contribution is -0.126. The summed E-state index contributed by atoms with van der Waals surface area (Å²) in [7, 11) is 0. The molecule has 2 heterocycles. The highest BCUT2D eigenvalue weighted by Gasteiger charge is 2.29. The molecule has 1 aromatic heterocycles. The molecular formula is C20H27N3OS. The number of hydrogen-bond acceptors (Lipinski definition) is 4. The molecule has 2 fully saturated rings. The molecule has 2 atom stereocenters. The maximum Gasteiger partial charge on any atom is 0.223 e. The average Bonchev–Trinajstić information content (AvgIpc) is 3.08. The Labute approximate surface area is 153 Å². The Bertz CT molecular complexity index is 702. The fourth-order valence-electron chi connectivity index (χ4n) is 4.16. The highest BCUT2D eigenvalue weighted by Crippen LogP contribution is 2.31. The zero-order valence-electron chi connectivity index (χ0n) is 14.9. The third-order valence-corrected chi connectivity index (χ3v) is 6.96. The van der Waals surface area contributed by atoms with Crippen LogP contribution in [0.1, 0.15) is 45.4 Å². The third-order valence-electron chi connectivity index (χ3n) is 5.86. The number of thiazole rings is 1. The summed E-state index contributed by atoms with van der Waals surface area (Å²) in [5, 5.41) is 4.44. The number of piperidine rings is 1. The molecule has 2 aliphatic rings. The van der Waals surface area contributed by atoms with Gasteiger partial charge in [-0.25, -0.2) is 4.98 Å². The first-order chi connectivity index (χ1) is 12.2. The first-order valence-electron chi connectivity index (χ1n) is 9.61. The molecule has 134 valence electrons. The van der Waals surface area contributed by atoms with E-state index in [-0.39, 0.29) is 11.8 Å². The summed E-state index contributed by atoms with van der Waals surface area (Å²) in [6, 6.07) is 8.69. The largest absolute Gasteiger partial charge is 0.353 e. The molecule has 2 aromatic rings. The van der Waals surface area contributed by atoms with Crippen molar-refractivity contribution in [3.05, 3.63) is 24.3 Å². The van der Waals surface area contributed by atoms with Crippen LogP contribution in [0.15, 0.2) is 24.3 Å². The van der Waals surface area contributed by atoms with E-state index in [0.29, 0.717) is 12.0 Å². The SMILES string of the molecule is C[C@@H]1CCCC[C@@H]1NC(=O)C1CCN(c2nc3ccccc3s2)CC1. The van der Waals surface area contributed by atoms with E-state index in [0.717, 1.165) is 43.0 Å². The lowest BCUT2D eigenvalue weighted by Gasteiger charge is -2.34. The molecule has 0 spiro atoms. The van der Waals surface area contributed by atoms with Crippen molar-refractivity contribution in [3.63, 3.8) is 0 Å². The molecule has 0 radical (unpaired) electrons. The predicted octanol–water partition coefficient (Wildman–Crippen LogP) is 4.21. The van der Waals surface area contributed by atoms with Crippen LogP contribution in [0, 0.1) is 11.8 Å². The Morgan fingerprint density at radius 3 is 2.68 bits per heavy atom. The molecule has 1 amide bonds. The van der Waals surface area contributed by atoms with Crippen LogP contribution < -0.4 is 10.2 Å². The molecule has 1 aliphatic carbocycles. The molecule has 0 bridgehead atoms. The van der Waals surface area contributed by atoms with Gasteiger partial charge in [-0.2, -0.15) is 0 Å². The standard InChI is InChI=1S/C20H27N3OS/c1-14-6-2-3-7-16(14)21-19(24)15-10-12-23(13-11-15)20-22-17-8-4-5-9-18(17)25-20/h4-5,8-9,14-16H,2-3,6-7,10-13H2,1H3,(H,21,24)/t14-,16+/m1/s1. The van der Waals surface area contributed by atoms with Crippen LogP contribution in [0.5, 0.6) is 0 Å². The van der Waals surface area contributed by atoms with Gasteiger partial charge < -0.3 is 10.2 Å². The van der Waals surface area contributed by atoms with Gasteiger partial charge in [-0.15, -0.1) is 0 Å². The first-order valence-corrected chi connectivity index (χ1v) is 10.4. The fourth-order valence-corrected chi connectivity index (χ4v) is 5.18. The smallest absolute Gasteiger partial charge is 0.223 e. The number of nitrogens with one attached hydrogen (secondary N) is 1. The minimum atomic E-state index is 0.166. The van der Waals surface area contributed by atoms with Gasteiger partial charge in [0, 0.05) is 25.0 Å². The average molecular weight is 358 g/mol. The Kier molecular flexibility index (Phi) is 4.93. The van der Waals surface area contributed by atoms with Crippen LogP contribution in [0.25, 0.3) is 10.2 Å². The van der Waals surface area contributed by atoms with Gasteiger partial charge >= 0.3 is 0 Å². The van der Waals surface area contributed by atoms with Crippen LogP contribution in [-0.2, 0) is 4.79 Å². The maximum absolute atomic E-state index is 12.7. The van der Waals surface area contributed by atoms with E-state index < -0.39 is 0 Å². The van der Waals surface area contributed by atoms with Crippen molar-refractivity contribution in [2.45, 2.75) is 51.5 Å². The minimum Gasteiger partial charge on any atom is -0.353 e. The van der Waals surface area contributed by atoms with Crippen LogP contribution in [0.3, 0.4) is 0 Å². The van der Waals surface area contributed by atoms with Crippen LogP contribution >= 0.6 is 11.3 Å². The van der Waals surface area contributed by atoms with Gasteiger partial charge in [-0.05, 0) is 43.7 Å². The molecule has 0 unspecified atom stereocenters. The molecule has 4 nitrogen and oxygen atoms in total. The van der Waals surface area contributed by atoms with Gasteiger partial charge in [-0.3, -0.25) is 4.79 Å². The summed E-state index contributed by atoms with van der Waals surface area (Å²) < 4.78 is 1.24. The third kappa shape index (κ3) is 3.66. The molecule has 1 aromatic carbocycles. The summed E-state index contributed by atoms with van der Waals surface area (Å²) in [5.41, 5.74) is 1.08. The summed E-state index contributed by atoms with van der Waals surface area (Å²) in [6.07, 6.45) is 6.84. The number of nitrogens with zero attached hydrogens (tertiary/aromatic N) is 2. The summed E-state index contributed by atoms with van der Waals surface area (Å²) >= 11 is 1.76. The van der Waals surface area contributed by atoms with Crippen molar-refractivity contribution in [2.75, 3.05) is 18.0 Å². The molecule has 25 heavy (non-hydrogen) atoms. The fraction of sp³-hybridized carbons (Fsp3) is 0.600. The van der Waals surface area contributed by atoms with E-state index in [9.17, 15) is 4.79 Å². The topological polar surface area (TPSA) is 45.2 Å². The maximum atomic E-state index is 12.7. The number of carbonyl (C=O) groups is 1. The summed E-state index contributed by atoms with van der Waals surface area (Å²) in [5.74, 6) is 1.07. The van der Waals surface area contributed by atoms with E-state index in [1.54, 1.807) is 11.3 Å². The lowest BCUT2D eigenvalue weighted by Crippen LogP contribution is -2.46. The van der Waals surface area contributed by atoms with Crippen molar-refractivity contribution < 1.29 is 4.79 Å². The summed E-state index contributed by atoms with van der Waals surface area (Å²) in [6.45, 7) is 4.14. The number of aromatic nitrogens is 1.